The van der Waals surface area contributed by atoms with Gasteiger partial charge in [0.05, 0.1) is 9.62 Å². The van der Waals surface area contributed by atoms with Crippen molar-refractivity contribution in [3.8, 4) is 0 Å². The molecule has 1 unspecified atom stereocenters. The summed E-state index contributed by atoms with van der Waals surface area (Å²) in [5.74, 6) is 1.44. The van der Waals surface area contributed by atoms with Gasteiger partial charge >= 0.3 is 0 Å². The monoisotopic (exact) mass is 262 g/mol. The lowest BCUT2D eigenvalue weighted by atomic mass is 9.99. The first-order valence-corrected chi connectivity index (χ1v) is 7.67. The number of hydrogen-bond acceptors (Lipinski definition) is 3. The lowest BCUT2D eigenvalue weighted by Gasteiger charge is -2.19. The lowest BCUT2D eigenvalue weighted by Crippen LogP contribution is -2.27. The van der Waals surface area contributed by atoms with Crippen LogP contribution in [0.2, 0.25) is 0 Å². The summed E-state index contributed by atoms with van der Waals surface area (Å²) in [6.45, 7) is 2.09. The summed E-state index contributed by atoms with van der Waals surface area (Å²) < 4.78 is 1.03. The maximum Gasteiger partial charge on any atom is 0.188 e. The van der Waals surface area contributed by atoms with E-state index >= 15 is 0 Å². The van der Waals surface area contributed by atoms with Crippen LogP contribution in [0.5, 0.6) is 0 Å². The number of rotatable bonds is 2. The zero-order valence-electron chi connectivity index (χ0n) is 9.73. The third-order valence-corrected chi connectivity index (χ3v) is 5.98. The van der Waals surface area contributed by atoms with E-state index < -0.39 is 0 Å². The van der Waals surface area contributed by atoms with Gasteiger partial charge in [0, 0.05) is 4.70 Å². The SMILES string of the molecule is CC1(C(=O)c2cc3ccccc3s2)CCCS1. The molecule has 1 atom stereocenters. The normalized spacial score (nSPS) is 24.3. The number of thioether (sulfide) groups is 1. The van der Waals surface area contributed by atoms with Crippen molar-refractivity contribution in [2.75, 3.05) is 5.75 Å². The molecule has 3 heteroatoms. The summed E-state index contributed by atoms with van der Waals surface area (Å²) in [5, 5.41) is 1.19. The van der Waals surface area contributed by atoms with Crippen molar-refractivity contribution in [3.05, 3.63) is 35.2 Å². The highest BCUT2D eigenvalue weighted by molar-refractivity contribution is 8.01. The van der Waals surface area contributed by atoms with Crippen LogP contribution in [-0.4, -0.2) is 16.3 Å². The highest BCUT2D eigenvalue weighted by Gasteiger charge is 2.38. The predicted octanol–water partition coefficient (Wildman–Crippen LogP) is 4.37. The fourth-order valence-electron chi connectivity index (χ4n) is 2.31. The molecule has 17 heavy (non-hydrogen) atoms. The fraction of sp³-hybridized carbons (Fsp3) is 0.357. The molecule has 88 valence electrons. The van der Waals surface area contributed by atoms with Crippen molar-refractivity contribution in [2.24, 2.45) is 0 Å². The lowest BCUT2D eigenvalue weighted by molar-refractivity contribution is 0.0953. The second-order valence-electron chi connectivity index (χ2n) is 4.66. The standard InChI is InChI=1S/C14H14OS2/c1-14(7-4-8-16-14)13(15)12-9-10-5-2-3-6-11(10)17-12/h2-3,5-6,9H,4,7-8H2,1H3. The molecule has 0 saturated carbocycles. The van der Waals surface area contributed by atoms with Crippen molar-refractivity contribution in [3.63, 3.8) is 0 Å². The summed E-state index contributed by atoms with van der Waals surface area (Å²) in [6.07, 6.45) is 2.18. The zero-order valence-corrected chi connectivity index (χ0v) is 11.4. The Hall–Kier alpha value is -0.800. The van der Waals surface area contributed by atoms with Gasteiger partial charge in [0.1, 0.15) is 0 Å². The quantitative estimate of drug-likeness (QED) is 0.748. The molecule has 2 heterocycles. The molecule has 0 N–H and O–H groups in total. The Bertz CT molecular complexity index is 531. The Balaban J connectivity index is 2.01. The molecule has 0 amide bonds. The minimum Gasteiger partial charge on any atom is -0.292 e. The first-order valence-electron chi connectivity index (χ1n) is 5.86. The number of benzene rings is 1. The molecule has 0 spiro atoms. The van der Waals surface area contributed by atoms with Crippen molar-refractivity contribution in [1.82, 2.24) is 0 Å². The summed E-state index contributed by atoms with van der Waals surface area (Å²) in [5.41, 5.74) is 0. The summed E-state index contributed by atoms with van der Waals surface area (Å²) >= 11 is 3.44. The number of Topliss-reactive ketones (excluding diaryl/α,β-unsaturated/α-hetero) is 1. The summed E-state index contributed by atoms with van der Waals surface area (Å²) in [6, 6.07) is 10.3. The van der Waals surface area contributed by atoms with Gasteiger partial charge in [-0.25, -0.2) is 0 Å². The molecule has 2 aromatic rings. The maximum atomic E-state index is 12.5. The van der Waals surface area contributed by atoms with E-state index in [2.05, 4.69) is 19.1 Å². The Kier molecular flexibility index (Phi) is 2.75. The molecule has 1 aliphatic rings. The van der Waals surface area contributed by atoms with Gasteiger partial charge in [-0.3, -0.25) is 4.79 Å². The van der Waals surface area contributed by atoms with Crippen molar-refractivity contribution >= 4 is 39.0 Å². The zero-order chi connectivity index (χ0) is 11.9. The molecule has 1 saturated heterocycles. The van der Waals surface area contributed by atoms with Gasteiger partial charge in [-0.15, -0.1) is 23.1 Å². The Morgan fingerprint density at radius 3 is 2.88 bits per heavy atom. The molecule has 1 aromatic heterocycles. The van der Waals surface area contributed by atoms with E-state index in [1.54, 1.807) is 11.3 Å². The van der Waals surface area contributed by atoms with Crippen LogP contribution in [0, 0.1) is 0 Å². The minimum absolute atomic E-state index is 0.180. The first kappa shape index (κ1) is 11.3. The smallest absolute Gasteiger partial charge is 0.188 e. The topological polar surface area (TPSA) is 17.1 Å². The van der Waals surface area contributed by atoms with Crippen molar-refractivity contribution in [1.29, 1.82) is 0 Å². The van der Waals surface area contributed by atoms with Crippen LogP contribution in [0.25, 0.3) is 10.1 Å². The molecule has 3 rings (SSSR count). The number of hydrogen-bond donors (Lipinski definition) is 0. The van der Waals surface area contributed by atoms with E-state index in [9.17, 15) is 4.79 Å². The number of carbonyl (C=O) groups is 1. The molecule has 1 fully saturated rings. The highest BCUT2D eigenvalue weighted by Crippen LogP contribution is 2.42. The average Bonchev–Trinajstić information content (AvgIpc) is 2.94. The molecule has 1 aromatic carbocycles. The third-order valence-electron chi connectivity index (χ3n) is 3.35. The van der Waals surface area contributed by atoms with Crippen LogP contribution < -0.4 is 0 Å². The number of carbonyl (C=O) groups excluding carboxylic acids is 1. The van der Waals surface area contributed by atoms with Gasteiger partial charge in [-0.1, -0.05) is 18.2 Å². The molecular formula is C14H14OS2. The van der Waals surface area contributed by atoms with Crippen LogP contribution >= 0.6 is 23.1 Å². The third kappa shape index (κ3) is 1.91. The van der Waals surface area contributed by atoms with E-state index in [-0.39, 0.29) is 4.75 Å². The number of fused-ring (bicyclic) bond motifs is 1. The molecule has 1 aliphatic heterocycles. The fourth-order valence-corrected chi connectivity index (χ4v) is 4.78. The van der Waals surface area contributed by atoms with Gasteiger partial charge < -0.3 is 0 Å². The number of thiophene rings is 1. The minimum atomic E-state index is -0.180. The van der Waals surface area contributed by atoms with Gasteiger partial charge in [-0.2, -0.15) is 0 Å². The van der Waals surface area contributed by atoms with Gasteiger partial charge in [0.25, 0.3) is 0 Å². The average molecular weight is 262 g/mol. The second-order valence-corrected chi connectivity index (χ2v) is 7.34. The van der Waals surface area contributed by atoms with Crippen LogP contribution in [0.4, 0.5) is 0 Å². The highest BCUT2D eigenvalue weighted by atomic mass is 32.2. The van der Waals surface area contributed by atoms with Gasteiger partial charge in [-0.05, 0) is 43.0 Å². The van der Waals surface area contributed by atoms with Crippen molar-refractivity contribution in [2.45, 2.75) is 24.5 Å². The summed E-state index contributed by atoms with van der Waals surface area (Å²) in [7, 11) is 0. The second kappa shape index (κ2) is 4.14. The van der Waals surface area contributed by atoms with Gasteiger partial charge in [0.2, 0.25) is 0 Å². The molecule has 0 bridgehead atoms. The van der Waals surface area contributed by atoms with E-state index in [4.69, 9.17) is 0 Å². The molecular weight excluding hydrogens is 248 g/mol. The Morgan fingerprint density at radius 2 is 2.18 bits per heavy atom. The van der Waals surface area contributed by atoms with E-state index in [0.29, 0.717) is 5.78 Å². The van der Waals surface area contributed by atoms with Crippen LogP contribution in [0.15, 0.2) is 30.3 Å². The van der Waals surface area contributed by atoms with Gasteiger partial charge in [0.15, 0.2) is 5.78 Å². The number of ketones is 1. The largest absolute Gasteiger partial charge is 0.292 e. The Morgan fingerprint density at radius 1 is 1.35 bits per heavy atom. The Labute approximate surface area is 109 Å². The van der Waals surface area contributed by atoms with E-state index in [1.165, 1.54) is 10.1 Å². The van der Waals surface area contributed by atoms with Crippen molar-refractivity contribution < 1.29 is 4.79 Å². The van der Waals surface area contributed by atoms with Crippen LogP contribution in [0.1, 0.15) is 29.4 Å². The van der Waals surface area contributed by atoms with Crippen LogP contribution in [0.3, 0.4) is 0 Å². The first-order chi connectivity index (χ1) is 8.19. The predicted molar refractivity (Wildman–Crippen MR) is 76.3 cm³/mol. The summed E-state index contributed by atoms with van der Waals surface area (Å²) in [4.78, 5) is 13.4. The van der Waals surface area contributed by atoms with E-state index in [1.807, 2.05) is 30.0 Å². The molecule has 0 radical (unpaired) electrons. The molecule has 0 aliphatic carbocycles. The molecule has 1 nitrogen and oxygen atoms in total. The maximum absolute atomic E-state index is 12.5. The van der Waals surface area contributed by atoms with Crippen LogP contribution in [-0.2, 0) is 0 Å². The van der Waals surface area contributed by atoms with E-state index in [0.717, 1.165) is 23.5 Å².